The van der Waals surface area contributed by atoms with Crippen molar-refractivity contribution in [3.63, 3.8) is 0 Å². The van der Waals surface area contributed by atoms with Gasteiger partial charge in [-0.25, -0.2) is 0 Å². The Morgan fingerprint density at radius 3 is 1.57 bits per heavy atom. The first kappa shape index (κ1) is 39.9. The van der Waals surface area contributed by atoms with Gasteiger partial charge in [0.2, 0.25) is 0 Å². The molecular formula is C31H41Br2F9S2. The summed E-state index contributed by atoms with van der Waals surface area (Å²) in [6.45, 7) is 2.22. The number of unbranched alkanes of at least 4 members (excludes halogenated alkanes) is 13. The first-order valence-electron chi connectivity index (χ1n) is 15.3. The molecule has 2 aromatic heterocycles. The van der Waals surface area contributed by atoms with Crippen LogP contribution in [0.15, 0.2) is 19.7 Å². The van der Waals surface area contributed by atoms with Gasteiger partial charge in [-0.1, -0.05) is 84.0 Å². The largest absolute Gasteiger partial charge is 0.460 e. The Bertz CT molecular complexity index is 1110. The molecule has 0 fully saturated rings. The average molecular weight is 809 g/mol. The Balaban J connectivity index is 1.66. The third-order valence-corrected chi connectivity index (χ3v) is 11.5. The summed E-state index contributed by atoms with van der Waals surface area (Å²) in [5.41, 5.74) is 2.68. The van der Waals surface area contributed by atoms with E-state index in [1.807, 2.05) is 0 Å². The SMILES string of the molecule is CCCCCCCCc1cc(-c2sc(Br)cc2CCCCCCCCCCCC(F)(F)C(F)(F)C(F)(F)C(F)(F)F)sc1Br. The summed E-state index contributed by atoms with van der Waals surface area (Å²) in [7, 11) is 0. The number of aryl methyl sites for hydroxylation is 2. The van der Waals surface area contributed by atoms with E-state index in [9.17, 15) is 39.5 Å². The predicted molar refractivity (Wildman–Crippen MR) is 171 cm³/mol. The van der Waals surface area contributed by atoms with Crippen LogP contribution in [0.25, 0.3) is 9.75 Å². The zero-order chi connectivity index (χ0) is 33.0. The number of thiophene rings is 2. The van der Waals surface area contributed by atoms with Crippen molar-refractivity contribution >= 4 is 54.5 Å². The molecule has 0 nitrogen and oxygen atoms in total. The molecule has 0 bridgehead atoms. The van der Waals surface area contributed by atoms with Crippen molar-refractivity contribution < 1.29 is 39.5 Å². The summed E-state index contributed by atoms with van der Waals surface area (Å²) in [5, 5.41) is 0. The van der Waals surface area contributed by atoms with Gasteiger partial charge >= 0.3 is 23.9 Å². The van der Waals surface area contributed by atoms with Gasteiger partial charge in [-0.3, -0.25) is 0 Å². The zero-order valence-electron chi connectivity index (χ0n) is 24.9. The molecule has 0 unspecified atom stereocenters. The summed E-state index contributed by atoms with van der Waals surface area (Å²) in [4.78, 5) is 2.57. The highest BCUT2D eigenvalue weighted by Crippen LogP contribution is 2.54. The lowest BCUT2D eigenvalue weighted by Gasteiger charge is -2.33. The molecule has 0 amide bonds. The quantitative estimate of drug-likeness (QED) is 0.0821. The van der Waals surface area contributed by atoms with Crippen molar-refractivity contribution in [2.75, 3.05) is 0 Å². The van der Waals surface area contributed by atoms with Crippen molar-refractivity contribution in [2.24, 2.45) is 0 Å². The molecule has 0 aliphatic heterocycles. The third kappa shape index (κ3) is 11.5. The Morgan fingerprint density at radius 2 is 1.05 bits per heavy atom. The Hall–Kier alpha value is -0.270. The van der Waals surface area contributed by atoms with Crippen molar-refractivity contribution in [1.29, 1.82) is 0 Å². The van der Waals surface area contributed by atoms with Gasteiger partial charge in [0, 0.05) is 16.2 Å². The van der Waals surface area contributed by atoms with E-state index < -0.39 is 36.8 Å². The van der Waals surface area contributed by atoms with E-state index >= 15 is 0 Å². The Kier molecular flexibility index (Phi) is 16.6. The molecule has 2 rings (SSSR count). The highest BCUT2D eigenvalue weighted by Gasteiger charge is 2.81. The fourth-order valence-electron chi connectivity index (χ4n) is 5.04. The lowest BCUT2D eigenvalue weighted by molar-refractivity contribution is -0.396. The summed E-state index contributed by atoms with van der Waals surface area (Å²) in [5.74, 6) is -18.8. The van der Waals surface area contributed by atoms with Gasteiger partial charge in [-0.2, -0.15) is 39.5 Å². The average Bonchev–Trinajstić information content (AvgIpc) is 3.49. The van der Waals surface area contributed by atoms with Crippen molar-refractivity contribution in [2.45, 2.75) is 146 Å². The second-order valence-corrected chi connectivity index (χ2v) is 16.2. The minimum Gasteiger partial charge on any atom is -0.200 e. The van der Waals surface area contributed by atoms with Crippen LogP contribution < -0.4 is 0 Å². The van der Waals surface area contributed by atoms with Crippen LogP contribution in [0, 0.1) is 0 Å². The number of rotatable bonds is 22. The topological polar surface area (TPSA) is 0 Å². The fourth-order valence-corrected chi connectivity index (χ4v) is 8.64. The molecule has 0 radical (unpaired) electrons. The summed E-state index contributed by atoms with van der Waals surface area (Å²) in [6, 6.07) is 4.50. The maximum absolute atomic E-state index is 13.6. The van der Waals surface area contributed by atoms with E-state index in [2.05, 4.69) is 50.9 Å². The molecule has 0 spiro atoms. The maximum Gasteiger partial charge on any atom is 0.460 e. The van der Waals surface area contributed by atoms with Gasteiger partial charge in [0.15, 0.2) is 0 Å². The van der Waals surface area contributed by atoms with E-state index in [0.717, 1.165) is 48.7 Å². The van der Waals surface area contributed by atoms with E-state index in [1.165, 1.54) is 63.2 Å². The monoisotopic (exact) mass is 806 g/mol. The lowest BCUT2D eigenvalue weighted by atomic mass is 9.97. The molecule has 0 N–H and O–H groups in total. The molecule has 2 aromatic rings. The van der Waals surface area contributed by atoms with Crippen LogP contribution in [-0.2, 0) is 12.8 Å². The highest BCUT2D eigenvalue weighted by molar-refractivity contribution is 9.11. The Labute approximate surface area is 279 Å². The van der Waals surface area contributed by atoms with Crippen LogP contribution in [0.4, 0.5) is 39.5 Å². The van der Waals surface area contributed by atoms with Crippen LogP contribution in [0.3, 0.4) is 0 Å². The molecule has 0 saturated carbocycles. The summed E-state index contributed by atoms with van der Waals surface area (Å²) >= 11 is 10.9. The highest BCUT2D eigenvalue weighted by atomic mass is 79.9. The van der Waals surface area contributed by atoms with Crippen LogP contribution in [0.2, 0.25) is 0 Å². The molecular weight excluding hydrogens is 767 g/mol. The van der Waals surface area contributed by atoms with Crippen LogP contribution in [0.1, 0.15) is 121 Å². The molecule has 0 atom stereocenters. The molecule has 44 heavy (non-hydrogen) atoms. The molecule has 13 heteroatoms. The number of halogens is 11. The molecule has 0 saturated heterocycles. The number of alkyl halides is 9. The van der Waals surface area contributed by atoms with E-state index in [-0.39, 0.29) is 6.42 Å². The molecule has 0 aliphatic carbocycles. The predicted octanol–water partition coefficient (Wildman–Crippen LogP) is 14.8. The molecule has 254 valence electrons. The van der Waals surface area contributed by atoms with Crippen molar-refractivity contribution in [1.82, 2.24) is 0 Å². The van der Waals surface area contributed by atoms with E-state index in [4.69, 9.17) is 0 Å². The van der Waals surface area contributed by atoms with Gasteiger partial charge in [0.1, 0.15) is 0 Å². The summed E-state index contributed by atoms with van der Waals surface area (Å²) < 4.78 is 119. The van der Waals surface area contributed by atoms with Crippen LogP contribution >= 0.6 is 54.5 Å². The van der Waals surface area contributed by atoms with Gasteiger partial charge in [0.05, 0.1) is 7.57 Å². The van der Waals surface area contributed by atoms with Crippen molar-refractivity contribution in [3.8, 4) is 9.75 Å². The van der Waals surface area contributed by atoms with Gasteiger partial charge in [0.25, 0.3) is 0 Å². The minimum absolute atomic E-state index is 0.0541. The zero-order valence-corrected chi connectivity index (χ0v) is 29.7. The van der Waals surface area contributed by atoms with Gasteiger partial charge in [-0.05, 0) is 87.2 Å². The van der Waals surface area contributed by atoms with Gasteiger partial charge in [-0.15, -0.1) is 22.7 Å². The lowest BCUT2D eigenvalue weighted by Crippen LogP contribution is -2.60. The number of hydrogen-bond acceptors (Lipinski definition) is 2. The minimum atomic E-state index is -6.80. The number of hydrogen-bond donors (Lipinski definition) is 0. The van der Waals surface area contributed by atoms with E-state index in [1.54, 1.807) is 22.7 Å². The molecule has 2 heterocycles. The fraction of sp³-hybridized carbons (Fsp3) is 0.742. The standard InChI is InChI=1S/C31H41Br2F9S2/c1-2-3-4-5-11-15-18-23-20-24(43-27(23)33)26-22(21-25(32)44-26)17-14-12-9-7-6-8-10-13-16-19-28(34,35)29(36,37)30(38,39)31(40,41)42/h20-21H,2-19H2,1H3. The normalized spacial score (nSPS) is 13.3. The molecule has 0 aliphatic rings. The molecule has 0 aromatic carbocycles. The second-order valence-electron chi connectivity index (χ2n) is 11.4. The van der Waals surface area contributed by atoms with Crippen LogP contribution in [-0.4, -0.2) is 23.9 Å². The third-order valence-electron chi connectivity index (χ3n) is 7.71. The summed E-state index contributed by atoms with van der Waals surface area (Å²) in [6.07, 6.45) is 6.42. The second kappa shape index (κ2) is 18.3. The maximum atomic E-state index is 13.6. The first-order valence-corrected chi connectivity index (χ1v) is 18.5. The first-order chi connectivity index (χ1) is 20.5. The van der Waals surface area contributed by atoms with Gasteiger partial charge < -0.3 is 0 Å². The smallest absolute Gasteiger partial charge is 0.200 e. The Morgan fingerprint density at radius 1 is 0.568 bits per heavy atom. The van der Waals surface area contributed by atoms with Crippen LogP contribution in [0.5, 0.6) is 0 Å². The van der Waals surface area contributed by atoms with E-state index in [0.29, 0.717) is 12.8 Å². The van der Waals surface area contributed by atoms with Crippen molar-refractivity contribution in [3.05, 3.63) is 30.8 Å².